The summed E-state index contributed by atoms with van der Waals surface area (Å²) in [7, 11) is 0. The third kappa shape index (κ3) is 4.79. The molecule has 0 saturated heterocycles. The second kappa shape index (κ2) is 9.68. The molecule has 0 fully saturated rings. The van der Waals surface area contributed by atoms with Crippen LogP contribution in [0.25, 0.3) is 10.9 Å². The summed E-state index contributed by atoms with van der Waals surface area (Å²) < 4.78 is 11.7. The van der Waals surface area contributed by atoms with E-state index < -0.39 is 5.97 Å². The molecule has 0 spiro atoms. The molecule has 0 saturated carbocycles. The van der Waals surface area contributed by atoms with Gasteiger partial charge in [-0.15, -0.1) is 0 Å². The number of carbonyl (C=O) groups excluding carboxylic acids is 1. The van der Waals surface area contributed by atoms with Gasteiger partial charge in [0.2, 0.25) is 5.76 Å². The van der Waals surface area contributed by atoms with Gasteiger partial charge in [0.05, 0.1) is 5.71 Å². The Labute approximate surface area is 208 Å². The number of benzene rings is 2. The predicted molar refractivity (Wildman–Crippen MR) is 140 cm³/mol. The third-order valence-corrected chi connectivity index (χ3v) is 6.05. The Morgan fingerprint density at radius 3 is 2.71 bits per heavy atom. The van der Waals surface area contributed by atoms with Crippen molar-refractivity contribution < 1.29 is 13.9 Å². The van der Waals surface area contributed by atoms with Crippen LogP contribution in [0.15, 0.2) is 70.2 Å². The Morgan fingerprint density at radius 1 is 1.06 bits per heavy atom. The number of carbonyl (C=O) groups is 1. The third-order valence-electron chi connectivity index (χ3n) is 5.86. The number of nitrogens with one attached hydrogen (secondary N) is 2. The highest BCUT2D eigenvalue weighted by atomic mass is 32.1. The first-order chi connectivity index (χ1) is 17.0. The lowest BCUT2D eigenvalue weighted by Gasteiger charge is -2.14. The number of thiocarbonyl (C=S) groups is 1. The number of anilines is 1. The number of fused-ring (bicyclic) bond motifs is 2. The van der Waals surface area contributed by atoms with Crippen LogP contribution in [0.4, 0.5) is 5.69 Å². The normalized spacial score (nSPS) is 13.9. The van der Waals surface area contributed by atoms with E-state index in [9.17, 15) is 4.79 Å². The average molecular weight is 485 g/mol. The number of hydrogen-bond donors (Lipinski definition) is 2. The molecule has 176 valence electrons. The maximum absolute atomic E-state index is 13.1. The number of aromatic nitrogens is 1. The van der Waals surface area contributed by atoms with Crippen molar-refractivity contribution in [1.29, 1.82) is 0 Å². The molecular formula is C27H24N4O3S. The molecule has 0 radical (unpaired) electrons. The second-order valence-corrected chi connectivity index (χ2v) is 8.78. The summed E-state index contributed by atoms with van der Waals surface area (Å²) in [5.74, 6) is 0.758. The summed E-state index contributed by atoms with van der Waals surface area (Å²) >= 11 is 5.37. The highest BCUT2D eigenvalue weighted by Gasteiger charge is 2.29. The van der Waals surface area contributed by atoms with E-state index in [1.165, 1.54) is 0 Å². The molecule has 2 heterocycles. The standard InChI is InChI=1S/C27H24N4O3S/c1-16-14-15-18-8-6-13-22(24(18)28-16)34-26(32)25-17(2)23-20(11-7-12-21(23)33-25)30-31-27(35)29-19-9-4-3-5-10-19/h3-6,8-10,13-15H,7,11-12H2,1-2H3,(H2,29,31,35)/b30-20+. The highest BCUT2D eigenvalue weighted by molar-refractivity contribution is 7.80. The average Bonchev–Trinajstić information content (AvgIpc) is 3.21. The van der Waals surface area contributed by atoms with Crippen LogP contribution in [0.3, 0.4) is 0 Å². The summed E-state index contributed by atoms with van der Waals surface area (Å²) in [5, 5.41) is 8.91. The largest absolute Gasteiger partial charge is 0.453 e. The Hall–Kier alpha value is -4.04. The molecule has 4 aromatic rings. The van der Waals surface area contributed by atoms with E-state index in [0.717, 1.165) is 53.1 Å². The number of pyridine rings is 1. The summed E-state index contributed by atoms with van der Waals surface area (Å²) in [4.78, 5) is 17.7. The van der Waals surface area contributed by atoms with Crippen molar-refractivity contribution in [3.63, 3.8) is 0 Å². The summed E-state index contributed by atoms with van der Waals surface area (Å²) in [5.41, 5.74) is 7.61. The molecule has 1 aliphatic carbocycles. The summed E-state index contributed by atoms with van der Waals surface area (Å²) in [6.07, 6.45) is 2.33. The molecule has 0 aliphatic heterocycles. The minimum atomic E-state index is -0.554. The zero-order chi connectivity index (χ0) is 24.4. The summed E-state index contributed by atoms with van der Waals surface area (Å²) in [6.45, 7) is 3.75. The highest BCUT2D eigenvalue weighted by Crippen LogP contribution is 2.31. The zero-order valence-electron chi connectivity index (χ0n) is 19.4. The maximum Gasteiger partial charge on any atom is 0.380 e. The van der Waals surface area contributed by atoms with E-state index in [2.05, 4.69) is 20.8 Å². The number of esters is 1. The number of ether oxygens (including phenoxy) is 1. The Balaban J connectivity index is 1.38. The van der Waals surface area contributed by atoms with Crippen molar-refractivity contribution in [2.45, 2.75) is 33.1 Å². The van der Waals surface area contributed by atoms with Crippen LogP contribution in [-0.2, 0) is 6.42 Å². The van der Waals surface area contributed by atoms with Crippen LogP contribution in [0.5, 0.6) is 5.75 Å². The lowest BCUT2D eigenvalue weighted by atomic mass is 9.93. The second-order valence-electron chi connectivity index (χ2n) is 8.37. The molecule has 7 nitrogen and oxygen atoms in total. The van der Waals surface area contributed by atoms with Crippen molar-refractivity contribution >= 4 is 45.6 Å². The molecule has 2 aromatic carbocycles. The molecule has 0 unspecified atom stereocenters. The van der Waals surface area contributed by atoms with Crippen LogP contribution in [0.2, 0.25) is 0 Å². The fourth-order valence-corrected chi connectivity index (χ4v) is 4.38. The number of hydrazone groups is 1. The van der Waals surface area contributed by atoms with E-state index in [1.807, 2.05) is 68.4 Å². The Bertz CT molecular complexity index is 1460. The van der Waals surface area contributed by atoms with E-state index in [1.54, 1.807) is 6.07 Å². The van der Waals surface area contributed by atoms with Crippen LogP contribution < -0.4 is 15.5 Å². The number of rotatable bonds is 4. The number of para-hydroxylation sites is 2. The molecule has 1 aliphatic rings. The van der Waals surface area contributed by atoms with Gasteiger partial charge in [-0.05, 0) is 63.2 Å². The Kier molecular flexibility index (Phi) is 6.29. The molecule has 8 heteroatoms. The molecular weight excluding hydrogens is 460 g/mol. The maximum atomic E-state index is 13.1. The molecule has 0 atom stereocenters. The van der Waals surface area contributed by atoms with Gasteiger partial charge in [0.15, 0.2) is 10.9 Å². The topological polar surface area (TPSA) is 88.8 Å². The fourth-order valence-electron chi connectivity index (χ4n) is 4.22. The monoisotopic (exact) mass is 484 g/mol. The van der Waals surface area contributed by atoms with Gasteiger partial charge in [-0.3, -0.25) is 5.43 Å². The quantitative estimate of drug-likeness (QED) is 0.166. The predicted octanol–water partition coefficient (Wildman–Crippen LogP) is 5.69. The minimum absolute atomic E-state index is 0.180. The number of aryl methyl sites for hydroxylation is 2. The van der Waals surface area contributed by atoms with Crippen LogP contribution >= 0.6 is 12.2 Å². The van der Waals surface area contributed by atoms with Crippen LogP contribution in [0.1, 0.15) is 46.0 Å². The van der Waals surface area contributed by atoms with Gasteiger partial charge in [0.25, 0.3) is 0 Å². The number of hydrogen-bond acceptors (Lipinski definition) is 6. The molecule has 2 aromatic heterocycles. The lowest BCUT2D eigenvalue weighted by Crippen LogP contribution is -2.26. The van der Waals surface area contributed by atoms with E-state index >= 15 is 0 Å². The Morgan fingerprint density at radius 2 is 1.89 bits per heavy atom. The SMILES string of the molecule is Cc1ccc2cccc(OC(=O)c3oc4c(c3C)/C(=N/NC(=S)Nc3ccccc3)CCC4)c2n1. The zero-order valence-corrected chi connectivity index (χ0v) is 20.2. The van der Waals surface area contributed by atoms with E-state index in [-0.39, 0.29) is 5.76 Å². The van der Waals surface area contributed by atoms with Gasteiger partial charge in [-0.1, -0.05) is 36.4 Å². The van der Waals surface area contributed by atoms with Gasteiger partial charge >= 0.3 is 5.97 Å². The lowest BCUT2D eigenvalue weighted by molar-refractivity contribution is 0.0700. The molecule has 0 amide bonds. The van der Waals surface area contributed by atoms with Gasteiger partial charge in [-0.25, -0.2) is 9.78 Å². The number of furan rings is 1. The first kappa shape index (κ1) is 22.7. The van der Waals surface area contributed by atoms with E-state index in [4.69, 9.17) is 21.4 Å². The van der Waals surface area contributed by atoms with Crippen molar-refractivity contribution in [2.24, 2.45) is 5.10 Å². The molecule has 2 N–H and O–H groups in total. The van der Waals surface area contributed by atoms with Crippen molar-refractivity contribution in [3.05, 3.63) is 89.0 Å². The van der Waals surface area contributed by atoms with Gasteiger partial charge in [-0.2, -0.15) is 5.10 Å². The number of nitrogens with zero attached hydrogens (tertiary/aromatic N) is 2. The smallest absolute Gasteiger partial charge is 0.380 e. The summed E-state index contributed by atoms with van der Waals surface area (Å²) in [6, 6.07) is 19.0. The van der Waals surface area contributed by atoms with Gasteiger partial charge in [0, 0.05) is 34.3 Å². The van der Waals surface area contributed by atoms with Crippen molar-refractivity contribution in [3.8, 4) is 5.75 Å². The molecule has 5 rings (SSSR count). The molecule has 35 heavy (non-hydrogen) atoms. The van der Waals surface area contributed by atoms with Gasteiger partial charge < -0.3 is 14.5 Å². The first-order valence-corrected chi connectivity index (χ1v) is 11.8. The first-order valence-electron chi connectivity index (χ1n) is 11.4. The molecule has 0 bridgehead atoms. The van der Waals surface area contributed by atoms with Crippen LogP contribution in [0, 0.1) is 13.8 Å². The van der Waals surface area contributed by atoms with E-state index in [0.29, 0.717) is 21.9 Å². The van der Waals surface area contributed by atoms with Crippen LogP contribution in [-0.4, -0.2) is 21.8 Å². The van der Waals surface area contributed by atoms with Crippen molar-refractivity contribution in [1.82, 2.24) is 10.4 Å². The van der Waals surface area contributed by atoms with Gasteiger partial charge in [0.1, 0.15) is 11.3 Å². The van der Waals surface area contributed by atoms with Crippen molar-refractivity contribution in [2.75, 3.05) is 5.32 Å². The fraction of sp³-hybridized carbons (Fsp3) is 0.185. The minimum Gasteiger partial charge on any atom is -0.453 e.